The zero-order chi connectivity index (χ0) is 26.0. The van der Waals surface area contributed by atoms with Crippen LogP contribution in [0.1, 0.15) is 12.0 Å². The Kier molecular flexibility index (Phi) is 10.6. The van der Waals surface area contributed by atoms with Gasteiger partial charge in [-0.25, -0.2) is 9.38 Å². The van der Waals surface area contributed by atoms with E-state index in [1.54, 1.807) is 24.3 Å². The van der Waals surface area contributed by atoms with E-state index in [9.17, 15) is 18.4 Å². The third-order valence-electron chi connectivity index (χ3n) is 4.95. The van der Waals surface area contributed by atoms with E-state index < -0.39 is 24.3 Å². The molecule has 2 aromatic rings. The number of ether oxygens (including phenoxy) is 1. The van der Waals surface area contributed by atoms with Crippen LogP contribution in [0.5, 0.6) is 5.75 Å². The minimum absolute atomic E-state index is 0.0642. The van der Waals surface area contributed by atoms with Gasteiger partial charge in [0.15, 0.2) is 24.1 Å². The van der Waals surface area contributed by atoms with E-state index in [-0.39, 0.29) is 37.0 Å². The Morgan fingerprint density at radius 2 is 1.89 bits per heavy atom. The van der Waals surface area contributed by atoms with Crippen LogP contribution in [-0.4, -0.2) is 72.8 Å². The summed E-state index contributed by atoms with van der Waals surface area (Å²) in [5.41, 5.74) is 0.639. The van der Waals surface area contributed by atoms with Gasteiger partial charge in [-0.2, -0.15) is 4.39 Å². The van der Waals surface area contributed by atoms with Crippen molar-refractivity contribution in [3.8, 4) is 5.75 Å². The fourth-order valence-electron chi connectivity index (χ4n) is 3.11. The van der Waals surface area contributed by atoms with Crippen LogP contribution in [0.4, 0.5) is 8.78 Å². The highest BCUT2D eigenvalue weighted by molar-refractivity contribution is 6.30. The van der Waals surface area contributed by atoms with E-state index in [1.807, 2.05) is 0 Å². The predicted molar refractivity (Wildman–Crippen MR) is 129 cm³/mol. The quantitative estimate of drug-likeness (QED) is 0.194. The van der Waals surface area contributed by atoms with E-state index in [2.05, 4.69) is 11.7 Å². The predicted octanol–water partition coefficient (Wildman–Crippen LogP) is 3.26. The van der Waals surface area contributed by atoms with Gasteiger partial charge in [0.05, 0.1) is 0 Å². The number of aliphatic hydroxyl groups excluding tert-OH is 1. The molecule has 0 aliphatic rings. The molecule has 2 aromatic carbocycles. The second kappa shape index (κ2) is 13.4. The topological polar surface area (TPSA) is 85.7 Å². The van der Waals surface area contributed by atoms with Gasteiger partial charge in [0.25, 0.3) is 5.91 Å². The normalized spacial score (nSPS) is 11.4. The number of benzene rings is 2. The molecule has 2 rings (SSSR count). The Hall–Kier alpha value is -3.50. The van der Waals surface area contributed by atoms with Crippen molar-refractivity contribution in [1.82, 2.24) is 14.7 Å². The standard InChI is InChI=1S/C24H27ClF2N4O4/c1-28-23(30(3)15-33)22(24(34)29(2)12-5-13-32)31(14-17-8-10-18(25)11-9-17)16-35-20-7-4-6-19(26)21(20)27/h4,6-11,15,32H,1,5,12-14,16H2,2-3H3/b23-22+. The molecule has 0 fully saturated rings. The average molecular weight is 509 g/mol. The number of hydrogen-bond acceptors (Lipinski definition) is 6. The van der Waals surface area contributed by atoms with Crippen LogP contribution < -0.4 is 4.74 Å². The van der Waals surface area contributed by atoms with Gasteiger partial charge in [-0.15, -0.1) is 0 Å². The third kappa shape index (κ3) is 7.49. The molecule has 8 nitrogen and oxygen atoms in total. The summed E-state index contributed by atoms with van der Waals surface area (Å²) in [7, 11) is 2.92. The Labute approximate surface area is 207 Å². The van der Waals surface area contributed by atoms with Crippen molar-refractivity contribution < 1.29 is 28.2 Å². The monoisotopic (exact) mass is 508 g/mol. The first kappa shape index (κ1) is 27.7. The van der Waals surface area contributed by atoms with Gasteiger partial charge in [0.1, 0.15) is 5.70 Å². The first-order valence-electron chi connectivity index (χ1n) is 10.5. The lowest BCUT2D eigenvalue weighted by molar-refractivity contribution is -0.128. The average Bonchev–Trinajstić information content (AvgIpc) is 2.86. The summed E-state index contributed by atoms with van der Waals surface area (Å²) in [6.45, 7) is 3.23. The van der Waals surface area contributed by atoms with E-state index in [0.29, 0.717) is 23.4 Å². The maximum absolute atomic E-state index is 14.2. The molecule has 0 unspecified atom stereocenters. The van der Waals surface area contributed by atoms with Gasteiger partial charge >= 0.3 is 0 Å². The summed E-state index contributed by atoms with van der Waals surface area (Å²) in [5.74, 6) is -3.24. The first-order valence-corrected chi connectivity index (χ1v) is 10.9. The van der Waals surface area contributed by atoms with E-state index in [0.717, 1.165) is 11.0 Å². The van der Waals surface area contributed by atoms with Crippen molar-refractivity contribution >= 4 is 30.6 Å². The van der Waals surface area contributed by atoms with E-state index >= 15 is 0 Å². The van der Waals surface area contributed by atoms with Crippen molar-refractivity contribution in [2.24, 2.45) is 4.99 Å². The Morgan fingerprint density at radius 1 is 1.20 bits per heavy atom. The fraction of sp³-hybridized carbons (Fsp3) is 0.292. The van der Waals surface area contributed by atoms with Gasteiger partial charge < -0.3 is 24.5 Å². The third-order valence-corrected chi connectivity index (χ3v) is 5.20. The molecule has 2 amide bonds. The van der Waals surface area contributed by atoms with Gasteiger partial charge in [0, 0.05) is 38.8 Å². The summed E-state index contributed by atoms with van der Waals surface area (Å²) < 4.78 is 33.5. The fourth-order valence-corrected chi connectivity index (χ4v) is 3.23. The maximum atomic E-state index is 14.2. The smallest absolute Gasteiger partial charge is 0.273 e. The van der Waals surface area contributed by atoms with Crippen LogP contribution in [0.3, 0.4) is 0 Å². The van der Waals surface area contributed by atoms with Crippen LogP contribution in [-0.2, 0) is 16.1 Å². The highest BCUT2D eigenvalue weighted by atomic mass is 35.5. The Bertz CT molecular complexity index is 1070. The highest BCUT2D eigenvalue weighted by Gasteiger charge is 2.28. The minimum atomic E-state index is -1.18. The number of nitrogens with zero attached hydrogens (tertiary/aromatic N) is 4. The van der Waals surface area contributed by atoms with Crippen LogP contribution in [0, 0.1) is 11.6 Å². The lowest BCUT2D eigenvalue weighted by Gasteiger charge is -2.31. The lowest BCUT2D eigenvalue weighted by Crippen LogP contribution is -2.41. The first-order chi connectivity index (χ1) is 16.7. The molecule has 0 bridgehead atoms. The Balaban J connectivity index is 2.57. The molecule has 0 saturated heterocycles. The van der Waals surface area contributed by atoms with Crippen LogP contribution >= 0.6 is 11.6 Å². The van der Waals surface area contributed by atoms with Crippen LogP contribution in [0.15, 0.2) is 59.0 Å². The van der Waals surface area contributed by atoms with Gasteiger partial charge in [-0.05, 0) is 43.0 Å². The zero-order valence-electron chi connectivity index (χ0n) is 19.5. The van der Waals surface area contributed by atoms with Gasteiger partial charge in [-0.1, -0.05) is 29.8 Å². The van der Waals surface area contributed by atoms with E-state index in [4.69, 9.17) is 21.4 Å². The van der Waals surface area contributed by atoms with Crippen molar-refractivity contribution in [1.29, 1.82) is 0 Å². The van der Waals surface area contributed by atoms with Crippen LogP contribution in [0.2, 0.25) is 5.02 Å². The molecule has 0 atom stereocenters. The molecule has 0 spiro atoms. The van der Waals surface area contributed by atoms with Crippen molar-refractivity contribution in [3.63, 3.8) is 0 Å². The molecule has 11 heteroatoms. The van der Waals surface area contributed by atoms with Gasteiger partial charge in [-0.3, -0.25) is 9.59 Å². The van der Waals surface area contributed by atoms with E-state index in [1.165, 1.54) is 36.0 Å². The molecule has 0 heterocycles. The summed E-state index contributed by atoms with van der Waals surface area (Å²) in [4.78, 5) is 32.8. The minimum Gasteiger partial charge on any atom is -0.470 e. The second-order valence-electron chi connectivity index (χ2n) is 7.50. The van der Waals surface area contributed by atoms with Crippen molar-refractivity contribution in [2.75, 3.05) is 34.0 Å². The molecule has 0 aromatic heterocycles. The molecule has 0 radical (unpaired) electrons. The summed E-state index contributed by atoms with van der Waals surface area (Å²) in [6.07, 6.45) is 0.774. The molecule has 1 N–H and O–H groups in total. The van der Waals surface area contributed by atoms with Crippen LogP contribution in [0.25, 0.3) is 0 Å². The van der Waals surface area contributed by atoms with Crippen molar-refractivity contribution in [2.45, 2.75) is 13.0 Å². The highest BCUT2D eigenvalue weighted by Crippen LogP contribution is 2.24. The maximum Gasteiger partial charge on any atom is 0.273 e. The number of rotatable bonds is 13. The largest absolute Gasteiger partial charge is 0.470 e. The SMILES string of the molecule is C=N/C(=C(/C(=O)N(C)CCCO)N(COc1cccc(F)c1F)Cc1ccc(Cl)cc1)N(C)C=O. The molecule has 0 aliphatic heterocycles. The molecule has 188 valence electrons. The number of halogens is 3. The zero-order valence-corrected chi connectivity index (χ0v) is 20.2. The number of carbonyl (C=O) groups is 2. The second-order valence-corrected chi connectivity index (χ2v) is 7.94. The molecule has 35 heavy (non-hydrogen) atoms. The number of carbonyl (C=O) groups excluding carboxylic acids is 2. The van der Waals surface area contributed by atoms with Crippen molar-refractivity contribution in [3.05, 3.63) is 76.2 Å². The summed E-state index contributed by atoms with van der Waals surface area (Å²) in [5, 5.41) is 9.66. The number of hydrogen-bond donors (Lipinski definition) is 1. The Morgan fingerprint density at radius 3 is 2.49 bits per heavy atom. The number of amides is 2. The summed E-state index contributed by atoms with van der Waals surface area (Å²) in [6, 6.07) is 10.3. The number of aliphatic hydroxyl groups is 1. The molecular formula is C24H27ClF2N4O4. The molecular weight excluding hydrogens is 482 g/mol. The van der Waals surface area contributed by atoms with Gasteiger partial charge in [0.2, 0.25) is 12.2 Å². The molecule has 0 aliphatic carbocycles. The summed E-state index contributed by atoms with van der Waals surface area (Å²) >= 11 is 5.98. The molecule has 0 saturated carbocycles. The number of likely N-dealkylation sites (N-methyl/N-ethyl adjacent to an activating group) is 1. The number of aliphatic imine (C=N–C) groups is 1. The lowest BCUT2D eigenvalue weighted by atomic mass is 10.2.